The lowest BCUT2D eigenvalue weighted by Crippen LogP contribution is -2.38. The van der Waals surface area contributed by atoms with E-state index in [1.807, 2.05) is 0 Å². The van der Waals surface area contributed by atoms with E-state index in [1.165, 1.54) is 16.7 Å². The summed E-state index contributed by atoms with van der Waals surface area (Å²) in [4.78, 5) is 26.1. The number of aromatic carboxylic acids is 1. The highest BCUT2D eigenvalue weighted by molar-refractivity contribution is 7.84. The third-order valence-corrected chi connectivity index (χ3v) is 3.94. The maximum atomic E-state index is 11.5. The average molecular weight is 305 g/mol. The number of urea groups is 1. The molecule has 0 aromatic carbocycles. The van der Waals surface area contributed by atoms with Gasteiger partial charge in [0.1, 0.15) is 5.01 Å². The smallest absolute Gasteiger partial charge is 0.355 e. The number of hydrogen-bond donors (Lipinski definition) is 3. The molecular weight excluding hydrogens is 290 g/mol. The van der Waals surface area contributed by atoms with Gasteiger partial charge in [0.05, 0.1) is 6.04 Å². The van der Waals surface area contributed by atoms with Gasteiger partial charge in [-0.1, -0.05) is 0 Å². The van der Waals surface area contributed by atoms with Crippen LogP contribution in [0.25, 0.3) is 0 Å². The molecule has 0 aliphatic carbocycles. The first-order valence-corrected chi connectivity index (χ1v) is 8.04. The highest BCUT2D eigenvalue weighted by Crippen LogP contribution is 2.17. The van der Waals surface area contributed by atoms with E-state index < -0.39 is 22.8 Å². The number of carbonyl (C=O) groups excluding carboxylic acids is 1. The van der Waals surface area contributed by atoms with Crippen LogP contribution in [-0.2, 0) is 10.8 Å². The zero-order valence-corrected chi connectivity index (χ0v) is 12.1. The molecule has 0 saturated heterocycles. The van der Waals surface area contributed by atoms with E-state index in [4.69, 9.17) is 5.11 Å². The molecule has 1 heterocycles. The molecule has 106 valence electrons. The molecule has 3 N–H and O–H groups in total. The molecule has 19 heavy (non-hydrogen) atoms. The normalized spacial score (nSPS) is 13.6. The Morgan fingerprint density at radius 2 is 2.26 bits per heavy atom. The average Bonchev–Trinajstić information content (AvgIpc) is 2.77. The predicted molar refractivity (Wildman–Crippen MR) is 73.0 cm³/mol. The minimum atomic E-state index is -1.09. The van der Waals surface area contributed by atoms with Gasteiger partial charge in [-0.15, -0.1) is 11.3 Å². The van der Waals surface area contributed by atoms with Crippen LogP contribution in [0.15, 0.2) is 5.38 Å². The van der Waals surface area contributed by atoms with Gasteiger partial charge < -0.3 is 15.7 Å². The van der Waals surface area contributed by atoms with Crippen molar-refractivity contribution in [1.82, 2.24) is 15.6 Å². The van der Waals surface area contributed by atoms with E-state index in [0.717, 1.165) is 0 Å². The summed E-state index contributed by atoms with van der Waals surface area (Å²) >= 11 is 1.17. The van der Waals surface area contributed by atoms with Crippen LogP contribution >= 0.6 is 11.3 Å². The van der Waals surface area contributed by atoms with Gasteiger partial charge in [-0.05, 0) is 6.92 Å². The van der Waals surface area contributed by atoms with Crippen molar-refractivity contribution < 1.29 is 18.9 Å². The first kappa shape index (κ1) is 15.6. The fourth-order valence-corrected chi connectivity index (χ4v) is 2.39. The Hall–Kier alpha value is -1.48. The van der Waals surface area contributed by atoms with Crippen LogP contribution in [0.2, 0.25) is 0 Å². The number of aromatic nitrogens is 1. The van der Waals surface area contributed by atoms with Gasteiger partial charge in [-0.3, -0.25) is 4.21 Å². The number of nitrogens with zero attached hydrogens (tertiary/aromatic N) is 1. The number of amides is 2. The van der Waals surface area contributed by atoms with Crippen LogP contribution in [0.1, 0.15) is 28.5 Å². The molecule has 0 fully saturated rings. The first-order chi connectivity index (χ1) is 8.90. The minimum Gasteiger partial charge on any atom is -0.476 e. The number of carbonyl (C=O) groups is 2. The Kier molecular flexibility index (Phi) is 5.90. The number of nitrogens with one attached hydrogen (secondary N) is 2. The zero-order valence-electron chi connectivity index (χ0n) is 10.5. The summed E-state index contributed by atoms with van der Waals surface area (Å²) in [5.74, 6) is -0.702. The predicted octanol–water partition coefficient (Wildman–Crippen LogP) is 0.580. The van der Waals surface area contributed by atoms with Crippen molar-refractivity contribution in [2.45, 2.75) is 13.0 Å². The molecule has 0 radical (unpaired) electrons. The van der Waals surface area contributed by atoms with E-state index in [0.29, 0.717) is 17.3 Å². The van der Waals surface area contributed by atoms with E-state index in [9.17, 15) is 13.8 Å². The zero-order chi connectivity index (χ0) is 14.4. The Bertz CT molecular complexity index is 489. The van der Waals surface area contributed by atoms with Gasteiger partial charge in [0.2, 0.25) is 0 Å². The minimum absolute atomic E-state index is 0.0320. The monoisotopic (exact) mass is 305 g/mol. The fourth-order valence-electron chi connectivity index (χ4n) is 1.20. The van der Waals surface area contributed by atoms with Gasteiger partial charge in [-0.2, -0.15) is 0 Å². The van der Waals surface area contributed by atoms with Crippen molar-refractivity contribution in [1.29, 1.82) is 0 Å². The molecule has 7 nitrogen and oxygen atoms in total. The van der Waals surface area contributed by atoms with Crippen molar-refractivity contribution in [3.05, 3.63) is 16.1 Å². The Balaban J connectivity index is 2.44. The molecule has 0 saturated carbocycles. The van der Waals surface area contributed by atoms with Crippen LogP contribution in [0.5, 0.6) is 0 Å². The molecule has 0 bridgehead atoms. The molecule has 0 aliphatic heterocycles. The second-order valence-electron chi connectivity index (χ2n) is 3.78. The second-order valence-corrected chi connectivity index (χ2v) is 6.22. The molecule has 0 aliphatic rings. The number of carboxylic acids is 1. The topological polar surface area (TPSA) is 108 Å². The lowest BCUT2D eigenvalue weighted by Gasteiger charge is -2.11. The summed E-state index contributed by atoms with van der Waals surface area (Å²) < 4.78 is 10.8. The number of carboxylic acid groups (broad SMARTS) is 1. The van der Waals surface area contributed by atoms with Crippen molar-refractivity contribution in [3.8, 4) is 0 Å². The molecule has 9 heteroatoms. The molecule has 1 rings (SSSR count). The SMILES string of the molecule is CC(NC(=O)NCCS(C)=O)c1nc(C(=O)O)cs1. The third kappa shape index (κ3) is 5.35. The second kappa shape index (κ2) is 7.19. The van der Waals surface area contributed by atoms with Gasteiger partial charge in [0, 0.05) is 34.7 Å². The summed E-state index contributed by atoms with van der Waals surface area (Å²) in [5.41, 5.74) is -0.0320. The van der Waals surface area contributed by atoms with E-state index in [1.54, 1.807) is 13.2 Å². The summed E-state index contributed by atoms with van der Waals surface area (Å²) in [6.07, 6.45) is 1.56. The van der Waals surface area contributed by atoms with Gasteiger partial charge in [-0.25, -0.2) is 14.6 Å². The van der Waals surface area contributed by atoms with Gasteiger partial charge in [0.25, 0.3) is 0 Å². The molecule has 2 amide bonds. The number of thiazole rings is 1. The number of rotatable bonds is 6. The van der Waals surface area contributed by atoms with Crippen LogP contribution in [0.4, 0.5) is 4.79 Å². The lowest BCUT2D eigenvalue weighted by atomic mass is 10.3. The molecular formula is C10H15N3O4S2. The standard InChI is InChI=1S/C10H15N3O4S2/c1-6(8-13-7(5-18-8)9(14)15)12-10(16)11-3-4-19(2)17/h5-6H,3-4H2,1-2H3,(H,14,15)(H2,11,12,16). The summed E-state index contributed by atoms with van der Waals surface area (Å²) in [5, 5.41) is 15.9. The van der Waals surface area contributed by atoms with Crippen LogP contribution in [0, 0.1) is 0 Å². The molecule has 2 atom stereocenters. The Labute approximate surface area is 116 Å². The summed E-state index contributed by atoms with van der Waals surface area (Å²) in [6.45, 7) is 2.03. The molecule has 2 unspecified atom stereocenters. The quantitative estimate of drug-likeness (QED) is 0.712. The maximum Gasteiger partial charge on any atom is 0.355 e. The van der Waals surface area contributed by atoms with Crippen molar-refractivity contribution in [2.75, 3.05) is 18.6 Å². The first-order valence-electron chi connectivity index (χ1n) is 5.43. The summed E-state index contributed by atoms with van der Waals surface area (Å²) in [7, 11) is -0.951. The molecule has 1 aromatic heterocycles. The van der Waals surface area contributed by atoms with Gasteiger partial charge in [0.15, 0.2) is 5.69 Å². The van der Waals surface area contributed by atoms with Crippen LogP contribution in [-0.4, -0.2) is 44.9 Å². The van der Waals surface area contributed by atoms with Crippen molar-refractivity contribution >= 4 is 34.1 Å². The fraction of sp³-hybridized carbons (Fsp3) is 0.500. The van der Waals surface area contributed by atoms with Crippen molar-refractivity contribution in [3.63, 3.8) is 0 Å². The molecule has 0 spiro atoms. The third-order valence-electron chi connectivity index (χ3n) is 2.13. The van der Waals surface area contributed by atoms with E-state index in [2.05, 4.69) is 15.6 Å². The van der Waals surface area contributed by atoms with E-state index >= 15 is 0 Å². The van der Waals surface area contributed by atoms with Crippen molar-refractivity contribution in [2.24, 2.45) is 0 Å². The largest absolute Gasteiger partial charge is 0.476 e. The van der Waals surface area contributed by atoms with E-state index in [-0.39, 0.29) is 11.7 Å². The van der Waals surface area contributed by atoms with Gasteiger partial charge >= 0.3 is 12.0 Å². The maximum absolute atomic E-state index is 11.5. The Morgan fingerprint density at radius 3 is 2.79 bits per heavy atom. The number of hydrogen-bond acceptors (Lipinski definition) is 5. The van der Waals surface area contributed by atoms with Crippen LogP contribution in [0.3, 0.4) is 0 Å². The summed E-state index contributed by atoms with van der Waals surface area (Å²) in [6, 6.07) is -0.782. The van der Waals surface area contributed by atoms with Crippen LogP contribution < -0.4 is 10.6 Å². The highest BCUT2D eigenvalue weighted by Gasteiger charge is 2.15. The highest BCUT2D eigenvalue weighted by atomic mass is 32.2. The molecule has 1 aromatic rings. The Morgan fingerprint density at radius 1 is 1.58 bits per heavy atom. The lowest BCUT2D eigenvalue weighted by molar-refractivity contribution is 0.0691.